The zero-order valence-corrected chi connectivity index (χ0v) is 13.0. The molecular weight excluding hydrogens is 270 g/mol. The second-order valence-electron chi connectivity index (χ2n) is 5.20. The molecule has 0 amide bonds. The largest absolute Gasteiger partial charge is 0.476 e. The number of rotatable bonds is 6. The fourth-order valence-electron chi connectivity index (χ4n) is 1.73. The molecule has 2 N–H and O–H groups in total. The fraction of sp³-hybridized carbons (Fsp3) is 0.400. The molecule has 0 aromatic carbocycles. The Morgan fingerprint density at radius 1 is 1.35 bits per heavy atom. The van der Waals surface area contributed by atoms with Crippen LogP contribution >= 0.6 is 11.3 Å². The van der Waals surface area contributed by atoms with E-state index in [4.69, 9.17) is 10.5 Å². The van der Waals surface area contributed by atoms with Crippen LogP contribution in [0.5, 0.6) is 5.88 Å². The molecule has 5 heteroatoms. The average Bonchev–Trinajstić information content (AvgIpc) is 2.90. The summed E-state index contributed by atoms with van der Waals surface area (Å²) >= 11 is 1.74. The van der Waals surface area contributed by atoms with Crippen LogP contribution in [0.2, 0.25) is 0 Å². The highest BCUT2D eigenvalue weighted by atomic mass is 32.1. The van der Waals surface area contributed by atoms with E-state index in [1.807, 2.05) is 19.2 Å². The third-order valence-electron chi connectivity index (χ3n) is 2.79. The standard InChI is InChI=1S/C15H21N3OS/c1-11(2)10-19-15-13(16)6-7-14(17-15)18(3)9-12-5-4-8-20-12/h4-8,11H,9-10,16H2,1-3H3. The van der Waals surface area contributed by atoms with Crippen molar-refractivity contribution >= 4 is 22.8 Å². The van der Waals surface area contributed by atoms with Crippen molar-refractivity contribution in [2.45, 2.75) is 20.4 Å². The Morgan fingerprint density at radius 3 is 2.80 bits per heavy atom. The van der Waals surface area contributed by atoms with Crippen LogP contribution in [0.3, 0.4) is 0 Å². The Hall–Kier alpha value is -1.75. The van der Waals surface area contributed by atoms with Gasteiger partial charge in [-0.3, -0.25) is 0 Å². The minimum absolute atomic E-state index is 0.448. The number of pyridine rings is 1. The summed E-state index contributed by atoms with van der Waals surface area (Å²) in [5.74, 6) is 1.84. The lowest BCUT2D eigenvalue weighted by Crippen LogP contribution is -2.18. The lowest BCUT2D eigenvalue weighted by atomic mass is 10.2. The lowest BCUT2D eigenvalue weighted by Gasteiger charge is -2.19. The van der Waals surface area contributed by atoms with E-state index in [0.717, 1.165) is 12.4 Å². The number of nitrogens with two attached hydrogens (primary N) is 1. The summed E-state index contributed by atoms with van der Waals surface area (Å²) in [4.78, 5) is 7.90. The Labute approximate surface area is 124 Å². The summed E-state index contributed by atoms with van der Waals surface area (Å²) in [5, 5.41) is 2.08. The molecule has 0 unspecified atom stereocenters. The third-order valence-corrected chi connectivity index (χ3v) is 3.65. The smallest absolute Gasteiger partial charge is 0.239 e. The highest BCUT2D eigenvalue weighted by molar-refractivity contribution is 7.09. The maximum Gasteiger partial charge on any atom is 0.239 e. The van der Waals surface area contributed by atoms with E-state index >= 15 is 0 Å². The summed E-state index contributed by atoms with van der Waals surface area (Å²) in [5.41, 5.74) is 6.49. The van der Waals surface area contributed by atoms with Crippen molar-refractivity contribution in [3.63, 3.8) is 0 Å². The van der Waals surface area contributed by atoms with E-state index < -0.39 is 0 Å². The van der Waals surface area contributed by atoms with E-state index in [1.54, 1.807) is 11.3 Å². The number of hydrogen-bond acceptors (Lipinski definition) is 5. The highest BCUT2D eigenvalue weighted by Gasteiger charge is 2.09. The molecular formula is C15H21N3OS. The van der Waals surface area contributed by atoms with Gasteiger partial charge in [-0.1, -0.05) is 19.9 Å². The molecule has 20 heavy (non-hydrogen) atoms. The zero-order chi connectivity index (χ0) is 14.5. The Balaban J connectivity index is 2.09. The number of nitrogen functional groups attached to an aromatic ring is 1. The van der Waals surface area contributed by atoms with E-state index in [2.05, 4.69) is 41.2 Å². The number of thiophene rings is 1. The van der Waals surface area contributed by atoms with Crippen LogP contribution in [-0.2, 0) is 6.54 Å². The number of aromatic nitrogens is 1. The summed E-state index contributed by atoms with van der Waals surface area (Å²) in [7, 11) is 2.02. The second-order valence-corrected chi connectivity index (χ2v) is 6.24. The van der Waals surface area contributed by atoms with Crippen molar-refractivity contribution in [2.24, 2.45) is 5.92 Å². The van der Waals surface area contributed by atoms with Crippen molar-refractivity contribution in [1.82, 2.24) is 4.98 Å². The van der Waals surface area contributed by atoms with Crippen molar-refractivity contribution in [3.8, 4) is 5.88 Å². The molecule has 0 radical (unpaired) electrons. The fourth-order valence-corrected chi connectivity index (χ4v) is 2.49. The van der Waals surface area contributed by atoms with Crippen LogP contribution in [0.1, 0.15) is 18.7 Å². The molecule has 0 saturated carbocycles. The average molecular weight is 291 g/mol. The monoisotopic (exact) mass is 291 g/mol. The van der Waals surface area contributed by atoms with Crippen LogP contribution in [0.4, 0.5) is 11.5 Å². The van der Waals surface area contributed by atoms with Gasteiger partial charge in [-0.15, -0.1) is 11.3 Å². The van der Waals surface area contributed by atoms with Gasteiger partial charge >= 0.3 is 0 Å². The maximum atomic E-state index is 5.91. The molecule has 2 aromatic rings. The molecule has 0 spiro atoms. The molecule has 2 heterocycles. The van der Waals surface area contributed by atoms with Crippen LogP contribution in [0, 0.1) is 5.92 Å². The first-order chi connectivity index (χ1) is 9.56. The topological polar surface area (TPSA) is 51.4 Å². The quantitative estimate of drug-likeness (QED) is 0.886. The second kappa shape index (κ2) is 6.61. The molecule has 0 atom stereocenters. The van der Waals surface area contributed by atoms with Gasteiger partial charge < -0.3 is 15.4 Å². The lowest BCUT2D eigenvalue weighted by molar-refractivity contribution is 0.263. The van der Waals surface area contributed by atoms with Crippen molar-refractivity contribution in [2.75, 3.05) is 24.3 Å². The van der Waals surface area contributed by atoms with Gasteiger partial charge in [-0.25, -0.2) is 0 Å². The van der Waals surface area contributed by atoms with Gasteiger partial charge in [-0.2, -0.15) is 4.98 Å². The number of hydrogen-bond donors (Lipinski definition) is 1. The van der Waals surface area contributed by atoms with Crippen LogP contribution in [0.25, 0.3) is 0 Å². The number of nitrogens with zero attached hydrogens (tertiary/aromatic N) is 2. The van der Waals surface area contributed by atoms with E-state index in [9.17, 15) is 0 Å². The highest BCUT2D eigenvalue weighted by Crippen LogP contribution is 2.24. The van der Waals surface area contributed by atoms with E-state index in [0.29, 0.717) is 24.1 Å². The molecule has 0 fully saturated rings. The zero-order valence-electron chi connectivity index (χ0n) is 12.2. The first kappa shape index (κ1) is 14.7. The third kappa shape index (κ3) is 3.87. The van der Waals surface area contributed by atoms with Gasteiger partial charge in [-0.05, 0) is 29.5 Å². The minimum Gasteiger partial charge on any atom is -0.476 e. The Morgan fingerprint density at radius 2 is 2.15 bits per heavy atom. The van der Waals surface area contributed by atoms with Gasteiger partial charge in [0, 0.05) is 11.9 Å². The van der Waals surface area contributed by atoms with Crippen LogP contribution < -0.4 is 15.4 Å². The van der Waals surface area contributed by atoms with Gasteiger partial charge in [0.1, 0.15) is 5.82 Å². The minimum atomic E-state index is 0.448. The maximum absolute atomic E-state index is 5.91. The first-order valence-electron chi connectivity index (χ1n) is 6.69. The van der Waals surface area contributed by atoms with Crippen molar-refractivity contribution < 1.29 is 4.74 Å². The van der Waals surface area contributed by atoms with Gasteiger partial charge in [0.2, 0.25) is 5.88 Å². The molecule has 108 valence electrons. The first-order valence-corrected chi connectivity index (χ1v) is 7.57. The number of anilines is 2. The molecule has 0 aliphatic rings. The Kier molecular flexibility index (Phi) is 4.84. The normalized spacial score (nSPS) is 10.8. The molecule has 0 aliphatic carbocycles. The predicted molar refractivity (Wildman–Crippen MR) is 85.4 cm³/mol. The molecule has 0 bridgehead atoms. The summed E-state index contributed by atoms with van der Waals surface area (Å²) in [6.45, 7) is 5.65. The van der Waals surface area contributed by atoms with Crippen molar-refractivity contribution in [3.05, 3.63) is 34.5 Å². The summed E-state index contributed by atoms with van der Waals surface area (Å²) in [6.07, 6.45) is 0. The molecule has 2 rings (SSSR count). The van der Waals surface area contributed by atoms with Crippen molar-refractivity contribution in [1.29, 1.82) is 0 Å². The van der Waals surface area contributed by atoms with E-state index in [1.165, 1.54) is 4.88 Å². The summed E-state index contributed by atoms with van der Waals surface area (Å²) in [6, 6.07) is 7.95. The van der Waals surface area contributed by atoms with E-state index in [-0.39, 0.29) is 0 Å². The van der Waals surface area contributed by atoms with Crippen LogP contribution in [0.15, 0.2) is 29.6 Å². The number of ether oxygens (including phenoxy) is 1. The molecule has 0 aliphatic heterocycles. The molecule has 0 saturated heterocycles. The Bertz CT molecular complexity index is 540. The molecule has 2 aromatic heterocycles. The van der Waals surface area contributed by atoms with Crippen LogP contribution in [-0.4, -0.2) is 18.6 Å². The SMILES string of the molecule is CC(C)COc1nc(N(C)Cc2cccs2)ccc1N. The van der Waals surface area contributed by atoms with Gasteiger partial charge in [0.25, 0.3) is 0 Å². The molecule has 4 nitrogen and oxygen atoms in total. The van der Waals surface area contributed by atoms with Gasteiger partial charge in [0.05, 0.1) is 18.8 Å². The summed E-state index contributed by atoms with van der Waals surface area (Å²) < 4.78 is 5.66. The van der Waals surface area contributed by atoms with Gasteiger partial charge in [0.15, 0.2) is 0 Å². The predicted octanol–water partition coefficient (Wildman–Crippen LogP) is 3.40.